The van der Waals surface area contributed by atoms with Gasteiger partial charge in [-0.15, -0.1) is 10.2 Å². The maximum Gasteiger partial charge on any atom is 0.270 e. The number of hydrogen-bond donors (Lipinski definition) is 0. The molecule has 1 aromatic carbocycles. The number of sulfonamides is 1. The SMILES string of the molecule is Cc1nnc(C2CCN(S(=O)(=O)c3cccc([N+](=O)[O-])c3)CC2)o1. The van der Waals surface area contributed by atoms with Crippen LogP contribution in [0.4, 0.5) is 5.69 Å². The van der Waals surface area contributed by atoms with Gasteiger partial charge in [-0.25, -0.2) is 8.42 Å². The molecule has 2 aromatic rings. The van der Waals surface area contributed by atoms with Gasteiger partial charge in [0.2, 0.25) is 21.8 Å². The van der Waals surface area contributed by atoms with Gasteiger partial charge < -0.3 is 4.42 Å². The second kappa shape index (κ2) is 6.29. The molecule has 0 aliphatic carbocycles. The van der Waals surface area contributed by atoms with Gasteiger partial charge in [-0.2, -0.15) is 4.31 Å². The van der Waals surface area contributed by atoms with Crippen molar-refractivity contribution in [2.45, 2.75) is 30.6 Å². The lowest BCUT2D eigenvalue weighted by Crippen LogP contribution is -2.38. The van der Waals surface area contributed by atoms with Crippen molar-refractivity contribution in [3.8, 4) is 0 Å². The molecule has 1 aromatic heterocycles. The number of nitro benzene ring substituents is 1. The quantitative estimate of drug-likeness (QED) is 0.608. The van der Waals surface area contributed by atoms with Crippen LogP contribution >= 0.6 is 0 Å². The fourth-order valence-electron chi connectivity index (χ4n) is 2.73. The van der Waals surface area contributed by atoms with Gasteiger partial charge in [-0.3, -0.25) is 10.1 Å². The summed E-state index contributed by atoms with van der Waals surface area (Å²) in [5, 5.41) is 18.6. The molecule has 1 saturated heterocycles. The fraction of sp³-hybridized carbons (Fsp3) is 0.429. The number of benzene rings is 1. The van der Waals surface area contributed by atoms with E-state index in [1.807, 2.05) is 0 Å². The first kappa shape index (κ1) is 16.5. The molecule has 0 unspecified atom stereocenters. The fourth-order valence-corrected chi connectivity index (χ4v) is 4.24. The highest BCUT2D eigenvalue weighted by atomic mass is 32.2. The van der Waals surface area contributed by atoms with Gasteiger partial charge in [0.05, 0.1) is 9.82 Å². The minimum Gasteiger partial charge on any atom is -0.425 e. The lowest BCUT2D eigenvalue weighted by molar-refractivity contribution is -0.385. The summed E-state index contributed by atoms with van der Waals surface area (Å²) in [6.45, 7) is 2.31. The molecule has 0 spiro atoms. The maximum absolute atomic E-state index is 12.7. The van der Waals surface area contributed by atoms with E-state index in [1.54, 1.807) is 6.92 Å². The average Bonchev–Trinajstić information content (AvgIpc) is 3.01. The van der Waals surface area contributed by atoms with Crippen LogP contribution in [0.3, 0.4) is 0 Å². The zero-order chi connectivity index (χ0) is 17.3. The van der Waals surface area contributed by atoms with Crippen molar-refractivity contribution in [1.29, 1.82) is 0 Å². The van der Waals surface area contributed by atoms with Crippen LogP contribution in [0.25, 0.3) is 0 Å². The van der Waals surface area contributed by atoms with Crippen LogP contribution in [0, 0.1) is 17.0 Å². The molecule has 0 atom stereocenters. The highest BCUT2D eigenvalue weighted by molar-refractivity contribution is 7.89. The molecule has 9 nitrogen and oxygen atoms in total. The Bertz CT molecular complexity index is 856. The van der Waals surface area contributed by atoms with Crippen molar-refractivity contribution >= 4 is 15.7 Å². The van der Waals surface area contributed by atoms with Crippen LogP contribution < -0.4 is 0 Å². The number of piperidine rings is 1. The van der Waals surface area contributed by atoms with Gasteiger partial charge in [-0.05, 0) is 18.9 Å². The largest absolute Gasteiger partial charge is 0.425 e. The molecule has 0 bridgehead atoms. The molecule has 24 heavy (non-hydrogen) atoms. The molecule has 1 aliphatic rings. The summed E-state index contributed by atoms with van der Waals surface area (Å²) in [5.41, 5.74) is -0.243. The number of aromatic nitrogens is 2. The van der Waals surface area contributed by atoms with E-state index in [0.29, 0.717) is 37.7 Å². The Morgan fingerprint density at radius 3 is 2.58 bits per heavy atom. The Hall–Kier alpha value is -2.33. The van der Waals surface area contributed by atoms with Crippen LogP contribution in [-0.2, 0) is 10.0 Å². The number of hydrogen-bond acceptors (Lipinski definition) is 7. The molecule has 128 valence electrons. The molecular weight excluding hydrogens is 336 g/mol. The number of aryl methyl sites for hydroxylation is 1. The monoisotopic (exact) mass is 352 g/mol. The molecule has 1 fully saturated rings. The second-order valence-corrected chi connectivity index (χ2v) is 7.53. The van der Waals surface area contributed by atoms with Gasteiger partial charge in [-0.1, -0.05) is 6.07 Å². The number of nitro groups is 1. The average molecular weight is 352 g/mol. The third-order valence-electron chi connectivity index (χ3n) is 4.01. The summed E-state index contributed by atoms with van der Waals surface area (Å²) in [6, 6.07) is 5.10. The predicted molar refractivity (Wildman–Crippen MR) is 82.9 cm³/mol. The Morgan fingerprint density at radius 2 is 2.00 bits per heavy atom. The van der Waals surface area contributed by atoms with Gasteiger partial charge in [0.1, 0.15) is 0 Å². The first-order chi connectivity index (χ1) is 11.4. The Kier molecular flexibility index (Phi) is 4.33. The van der Waals surface area contributed by atoms with Crippen molar-refractivity contribution in [3.05, 3.63) is 46.2 Å². The second-order valence-electron chi connectivity index (χ2n) is 5.59. The molecule has 0 saturated carbocycles. The summed E-state index contributed by atoms with van der Waals surface area (Å²) in [7, 11) is -3.76. The number of nitrogens with zero attached hydrogens (tertiary/aromatic N) is 4. The van der Waals surface area contributed by atoms with Crippen LogP contribution in [0.5, 0.6) is 0 Å². The van der Waals surface area contributed by atoms with E-state index in [2.05, 4.69) is 10.2 Å². The van der Waals surface area contributed by atoms with Crippen molar-refractivity contribution in [2.24, 2.45) is 0 Å². The van der Waals surface area contributed by atoms with E-state index in [9.17, 15) is 18.5 Å². The highest BCUT2D eigenvalue weighted by Crippen LogP contribution is 2.30. The van der Waals surface area contributed by atoms with Gasteiger partial charge in [0, 0.05) is 38.1 Å². The Labute approximate surface area is 138 Å². The van der Waals surface area contributed by atoms with Crippen molar-refractivity contribution < 1.29 is 17.8 Å². The van der Waals surface area contributed by atoms with Crippen LogP contribution in [0.1, 0.15) is 30.5 Å². The van der Waals surface area contributed by atoms with Gasteiger partial charge in [0.25, 0.3) is 5.69 Å². The minimum atomic E-state index is -3.76. The summed E-state index contributed by atoms with van der Waals surface area (Å²) < 4.78 is 32.1. The van der Waals surface area contributed by atoms with Crippen LogP contribution in [0.2, 0.25) is 0 Å². The van der Waals surface area contributed by atoms with E-state index in [1.165, 1.54) is 22.5 Å². The Morgan fingerprint density at radius 1 is 1.29 bits per heavy atom. The zero-order valence-corrected chi connectivity index (χ0v) is 13.8. The normalized spacial score (nSPS) is 17.0. The van der Waals surface area contributed by atoms with E-state index >= 15 is 0 Å². The lowest BCUT2D eigenvalue weighted by Gasteiger charge is -2.29. The topological polar surface area (TPSA) is 119 Å². The van der Waals surface area contributed by atoms with Gasteiger partial charge in [0.15, 0.2) is 0 Å². The third kappa shape index (κ3) is 3.15. The minimum absolute atomic E-state index is 0.0303. The summed E-state index contributed by atoms with van der Waals surface area (Å²) >= 11 is 0. The number of rotatable bonds is 4. The molecular formula is C14H16N4O5S. The van der Waals surface area contributed by atoms with E-state index in [0.717, 1.165) is 6.07 Å². The van der Waals surface area contributed by atoms with E-state index in [4.69, 9.17) is 4.42 Å². The molecule has 2 heterocycles. The summed E-state index contributed by atoms with van der Waals surface area (Å²) in [5.74, 6) is 1.04. The first-order valence-electron chi connectivity index (χ1n) is 7.42. The summed E-state index contributed by atoms with van der Waals surface area (Å²) in [6.07, 6.45) is 1.13. The van der Waals surface area contributed by atoms with E-state index < -0.39 is 14.9 Å². The zero-order valence-electron chi connectivity index (χ0n) is 13.0. The highest BCUT2D eigenvalue weighted by Gasteiger charge is 2.32. The summed E-state index contributed by atoms with van der Waals surface area (Å²) in [4.78, 5) is 10.2. The molecule has 10 heteroatoms. The predicted octanol–water partition coefficient (Wildman–Crippen LogP) is 1.85. The van der Waals surface area contributed by atoms with Crippen LogP contribution in [0.15, 0.2) is 33.6 Å². The van der Waals surface area contributed by atoms with Crippen molar-refractivity contribution in [1.82, 2.24) is 14.5 Å². The maximum atomic E-state index is 12.7. The molecule has 1 aliphatic heterocycles. The molecule has 0 amide bonds. The van der Waals surface area contributed by atoms with E-state index in [-0.39, 0.29) is 16.5 Å². The molecule has 3 rings (SSSR count). The molecule has 0 N–H and O–H groups in total. The van der Waals surface area contributed by atoms with Gasteiger partial charge >= 0.3 is 0 Å². The first-order valence-corrected chi connectivity index (χ1v) is 8.86. The smallest absolute Gasteiger partial charge is 0.270 e. The van der Waals surface area contributed by atoms with Crippen molar-refractivity contribution in [2.75, 3.05) is 13.1 Å². The number of non-ortho nitro benzene ring substituents is 1. The third-order valence-corrected chi connectivity index (χ3v) is 5.91. The lowest BCUT2D eigenvalue weighted by atomic mass is 9.98. The van der Waals surface area contributed by atoms with Crippen LogP contribution in [-0.4, -0.2) is 40.9 Å². The standard InChI is InChI=1S/C14H16N4O5S/c1-10-15-16-14(23-10)11-5-7-17(8-6-11)24(21,22)13-4-2-3-12(9-13)18(19)20/h2-4,9,11H,5-8H2,1H3. The van der Waals surface area contributed by atoms with Crippen molar-refractivity contribution in [3.63, 3.8) is 0 Å². The molecule has 0 radical (unpaired) electrons. The Balaban J connectivity index is 1.75.